The van der Waals surface area contributed by atoms with Crippen molar-refractivity contribution < 1.29 is 14.3 Å². The summed E-state index contributed by atoms with van der Waals surface area (Å²) >= 11 is 1.50. The van der Waals surface area contributed by atoms with Crippen LogP contribution in [0.4, 0.5) is 5.95 Å². The molecule has 4 rings (SSSR count). The van der Waals surface area contributed by atoms with Crippen LogP contribution >= 0.6 is 11.3 Å². The van der Waals surface area contributed by atoms with Gasteiger partial charge in [0.15, 0.2) is 17.2 Å². The van der Waals surface area contributed by atoms with Gasteiger partial charge in [0.05, 0.1) is 24.4 Å². The van der Waals surface area contributed by atoms with Crippen LogP contribution in [0.25, 0.3) is 10.2 Å². The Labute approximate surface area is 167 Å². The van der Waals surface area contributed by atoms with Gasteiger partial charge in [-0.1, -0.05) is 6.07 Å². The minimum atomic E-state index is -0.0125. The molecule has 0 spiro atoms. The van der Waals surface area contributed by atoms with E-state index in [1.807, 2.05) is 34.5 Å². The van der Waals surface area contributed by atoms with Crippen LogP contribution in [0.2, 0.25) is 0 Å². The third kappa shape index (κ3) is 3.60. The third-order valence-corrected chi connectivity index (χ3v) is 5.71. The van der Waals surface area contributed by atoms with Crippen LogP contribution in [0.3, 0.4) is 0 Å². The molecule has 7 nitrogen and oxygen atoms in total. The van der Waals surface area contributed by atoms with Gasteiger partial charge in [0, 0.05) is 19.6 Å². The molecular formula is C20H22N4O3S. The van der Waals surface area contributed by atoms with Crippen molar-refractivity contribution in [2.24, 2.45) is 0 Å². The van der Waals surface area contributed by atoms with Crippen molar-refractivity contribution in [3.8, 4) is 11.5 Å². The summed E-state index contributed by atoms with van der Waals surface area (Å²) in [7, 11) is 3.22. The number of aromatic nitrogens is 2. The summed E-state index contributed by atoms with van der Waals surface area (Å²) in [6, 6.07) is 7.64. The van der Waals surface area contributed by atoms with Gasteiger partial charge in [-0.25, -0.2) is 9.97 Å². The first-order valence-corrected chi connectivity index (χ1v) is 10.1. The first kappa shape index (κ1) is 18.5. The average molecular weight is 398 g/mol. The maximum atomic E-state index is 12.9. The molecule has 3 aromatic rings. The fourth-order valence-corrected chi connectivity index (χ4v) is 4.14. The Bertz CT molecular complexity index is 998. The Morgan fingerprint density at radius 2 is 1.93 bits per heavy atom. The normalized spacial score (nSPS) is 13.7. The van der Waals surface area contributed by atoms with Gasteiger partial charge in [0.1, 0.15) is 0 Å². The van der Waals surface area contributed by atoms with Crippen molar-refractivity contribution in [2.75, 3.05) is 32.6 Å². The lowest BCUT2D eigenvalue weighted by Crippen LogP contribution is -2.28. The van der Waals surface area contributed by atoms with E-state index in [9.17, 15) is 4.79 Å². The molecule has 1 aromatic carbocycles. The highest BCUT2D eigenvalue weighted by molar-refractivity contribution is 7.17. The van der Waals surface area contributed by atoms with Crippen molar-refractivity contribution >= 4 is 33.4 Å². The second kappa shape index (κ2) is 8.02. The summed E-state index contributed by atoms with van der Waals surface area (Å²) in [4.78, 5) is 23.9. The van der Waals surface area contributed by atoms with Gasteiger partial charge in [0.2, 0.25) is 5.95 Å². The molecule has 0 aliphatic carbocycles. The molecule has 0 saturated carbocycles. The number of thiophene rings is 1. The molecule has 1 amide bonds. The van der Waals surface area contributed by atoms with Crippen LogP contribution in [0, 0.1) is 0 Å². The average Bonchev–Trinajstić information content (AvgIpc) is 3.42. The van der Waals surface area contributed by atoms with E-state index in [0.717, 1.165) is 41.7 Å². The van der Waals surface area contributed by atoms with E-state index in [-0.39, 0.29) is 5.91 Å². The number of benzene rings is 1. The Balaban J connectivity index is 1.58. The van der Waals surface area contributed by atoms with Crippen molar-refractivity contribution in [1.29, 1.82) is 0 Å². The topological polar surface area (TPSA) is 76.6 Å². The number of rotatable bonds is 6. The summed E-state index contributed by atoms with van der Waals surface area (Å²) in [5, 5.41) is 5.18. The first-order chi connectivity index (χ1) is 13.7. The third-order valence-electron chi connectivity index (χ3n) is 4.80. The van der Waals surface area contributed by atoms with Crippen molar-refractivity contribution in [2.45, 2.75) is 19.4 Å². The molecular weight excluding hydrogens is 376 g/mol. The number of anilines is 1. The molecule has 1 aliphatic rings. The van der Waals surface area contributed by atoms with Gasteiger partial charge in [-0.2, -0.15) is 0 Å². The zero-order valence-electron chi connectivity index (χ0n) is 15.9. The van der Waals surface area contributed by atoms with E-state index in [2.05, 4.69) is 15.3 Å². The van der Waals surface area contributed by atoms with E-state index in [4.69, 9.17) is 9.47 Å². The molecule has 1 N–H and O–H groups in total. The molecule has 0 atom stereocenters. The van der Waals surface area contributed by atoms with Gasteiger partial charge in [-0.15, -0.1) is 11.3 Å². The second-order valence-electron chi connectivity index (χ2n) is 6.57. The highest BCUT2D eigenvalue weighted by atomic mass is 32.1. The summed E-state index contributed by atoms with van der Waals surface area (Å²) in [6.07, 6.45) is 2.10. The zero-order chi connectivity index (χ0) is 19.5. The number of carbonyl (C=O) groups excluding carboxylic acids is 1. The smallest absolute Gasteiger partial charge is 0.274 e. The lowest BCUT2D eigenvalue weighted by atomic mass is 10.2. The summed E-state index contributed by atoms with van der Waals surface area (Å²) in [5.41, 5.74) is 2.27. The van der Waals surface area contributed by atoms with Crippen LogP contribution in [-0.4, -0.2) is 48.1 Å². The minimum absolute atomic E-state index is 0.0125. The van der Waals surface area contributed by atoms with Gasteiger partial charge in [-0.3, -0.25) is 4.79 Å². The highest BCUT2D eigenvalue weighted by Gasteiger charge is 2.24. The van der Waals surface area contributed by atoms with Gasteiger partial charge in [-0.05, 0) is 42.0 Å². The molecule has 0 unspecified atom stereocenters. The number of amides is 1. The molecule has 2 aromatic heterocycles. The van der Waals surface area contributed by atoms with Crippen molar-refractivity contribution in [1.82, 2.24) is 14.9 Å². The molecule has 146 valence electrons. The number of carbonyl (C=O) groups is 1. The Hall–Kier alpha value is -2.87. The largest absolute Gasteiger partial charge is 0.493 e. The van der Waals surface area contributed by atoms with Crippen LogP contribution < -0.4 is 14.8 Å². The predicted molar refractivity (Wildman–Crippen MR) is 109 cm³/mol. The number of methoxy groups -OCH3 is 2. The van der Waals surface area contributed by atoms with E-state index in [1.165, 1.54) is 11.3 Å². The number of nitrogens with zero attached hydrogens (tertiary/aromatic N) is 3. The molecule has 0 bridgehead atoms. The predicted octanol–water partition coefficient (Wildman–Crippen LogP) is 3.56. The van der Waals surface area contributed by atoms with Gasteiger partial charge in [0.25, 0.3) is 5.91 Å². The van der Waals surface area contributed by atoms with Gasteiger partial charge >= 0.3 is 0 Å². The number of fused-ring (bicyclic) bond motifs is 1. The molecule has 8 heteroatoms. The van der Waals surface area contributed by atoms with Crippen LogP contribution in [-0.2, 0) is 6.54 Å². The molecule has 1 aliphatic heterocycles. The maximum absolute atomic E-state index is 12.9. The van der Waals surface area contributed by atoms with E-state index in [1.54, 1.807) is 14.2 Å². The van der Waals surface area contributed by atoms with E-state index < -0.39 is 0 Å². The molecule has 28 heavy (non-hydrogen) atoms. The molecule has 0 radical (unpaired) electrons. The monoisotopic (exact) mass is 398 g/mol. The van der Waals surface area contributed by atoms with Crippen LogP contribution in [0.1, 0.15) is 28.9 Å². The van der Waals surface area contributed by atoms with Crippen LogP contribution in [0.5, 0.6) is 11.5 Å². The van der Waals surface area contributed by atoms with E-state index in [0.29, 0.717) is 29.7 Å². The number of likely N-dealkylation sites (tertiary alicyclic amines) is 1. The Morgan fingerprint density at radius 3 is 2.68 bits per heavy atom. The van der Waals surface area contributed by atoms with Crippen LogP contribution in [0.15, 0.2) is 29.6 Å². The minimum Gasteiger partial charge on any atom is -0.493 e. The molecule has 3 heterocycles. The molecule has 1 fully saturated rings. The SMILES string of the molecule is COc1ccc(CNc2nc(C(=O)N3CCCC3)c3sccc3n2)cc1OC. The fraction of sp³-hybridized carbons (Fsp3) is 0.350. The lowest BCUT2D eigenvalue weighted by Gasteiger charge is -2.16. The van der Waals surface area contributed by atoms with Gasteiger partial charge < -0.3 is 19.7 Å². The summed E-state index contributed by atoms with van der Waals surface area (Å²) < 4.78 is 11.5. The Kier molecular flexibility index (Phi) is 5.29. The van der Waals surface area contributed by atoms with Crippen molar-refractivity contribution in [3.63, 3.8) is 0 Å². The quantitative estimate of drug-likeness (QED) is 0.684. The number of hydrogen-bond acceptors (Lipinski definition) is 7. The maximum Gasteiger partial charge on any atom is 0.274 e. The first-order valence-electron chi connectivity index (χ1n) is 9.19. The molecule has 1 saturated heterocycles. The standard InChI is InChI=1S/C20H22N4O3S/c1-26-15-6-5-13(11-16(15)27-2)12-21-20-22-14-7-10-28-18(14)17(23-20)19(25)24-8-3-4-9-24/h5-7,10-11H,3-4,8-9,12H2,1-2H3,(H,21,22,23). The number of hydrogen-bond donors (Lipinski definition) is 1. The van der Waals surface area contributed by atoms with E-state index >= 15 is 0 Å². The fourth-order valence-electron chi connectivity index (χ4n) is 3.33. The number of ether oxygens (including phenoxy) is 2. The Morgan fingerprint density at radius 1 is 1.14 bits per heavy atom. The number of nitrogens with one attached hydrogen (secondary N) is 1. The lowest BCUT2D eigenvalue weighted by molar-refractivity contribution is 0.0789. The second-order valence-corrected chi connectivity index (χ2v) is 7.49. The zero-order valence-corrected chi connectivity index (χ0v) is 16.7. The van der Waals surface area contributed by atoms with Crippen molar-refractivity contribution in [3.05, 3.63) is 40.9 Å². The summed E-state index contributed by atoms with van der Waals surface area (Å²) in [6.45, 7) is 2.10. The highest BCUT2D eigenvalue weighted by Crippen LogP contribution is 2.28. The summed E-state index contributed by atoms with van der Waals surface area (Å²) in [5.74, 6) is 1.78.